The van der Waals surface area contributed by atoms with Gasteiger partial charge in [0.2, 0.25) is 15.9 Å². The molecule has 1 aliphatic heterocycles. The van der Waals surface area contributed by atoms with Crippen LogP contribution in [0, 0.1) is 0 Å². The molecule has 0 unspecified atom stereocenters. The normalized spacial score (nSPS) is 16.4. The van der Waals surface area contributed by atoms with Gasteiger partial charge in [0.05, 0.1) is 10.5 Å². The molecule has 164 valence electrons. The highest BCUT2D eigenvalue weighted by Crippen LogP contribution is 2.31. The van der Waals surface area contributed by atoms with Crippen molar-refractivity contribution in [3.05, 3.63) is 60.4 Å². The molecule has 2 aromatic heterocycles. The zero-order chi connectivity index (χ0) is 22.1. The summed E-state index contributed by atoms with van der Waals surface area (Å²) in [6.45, 7) is 0.254. The maximum atomic E-state index is 12.9. The highest BCUT2D eigenvalue weighted by Gasteiger charge is 2.34. The molecule has 0 spiro atoms. The predicted octanol–water partition coefficient (Wildman–Crippen LogP) is 2.91. The summed E-state index contributed by atoms with van der Waals surface area (Å²) in [6, 6.07) is 8.87. The minimum Gasteiger partial charge on any atom is -0.473 e. The number of hydrogen-bond donors (Lipinski definition) is 0. The fraction of sp³-hybridized carbons (Fsp3) is 0.316. The van der Waals surface area contributed by atoms with Crippen LogP contribution in [0.2, 0.25) is 0 Å². The van der Waals surface area contributed by atoms with Crippen molar-refractivity contribution in [2.45, 2.75) is 30.0 Å². The van der Waals surface area contributed by atoms with Crippen LogP contribution in [0.3, 0.4) is 0 Å². The number of nitrogens with zero attached hydrogens (tertiary/aromatic N) is 5. The molecular weight excluding hydrogens is 435 g/mol. The summed E-state index contributed by atoms with van der Waals surface area (Å²) in [5, 5.41) is 12.1. The minimum absolute atomic E-state index is 0.127. The van der Waals surface area contributed by atoms with E-state index in [1.54, 1.807) is 35.3 Å². The quantitative estimate of drug-likeness (QED) is 0.590. The van der Waals surface area contributed by atoms with Crippen LogP contribution < -0.4 is 4.74 Å². The first-order valence-corrected chi connectivity index (χ1v) is 10.9. The lowest BCUT2D eigenvalue weighted by Crippen LogP contribution is -2.41. The van der Waals surface area contributed by atoms with Gasteiger partial charge in [0.25, 0.3) is 0 Å². The van der Waals surface area contributed by atoms with Gasteiger partial charge in [-0.2, -0.15) is 22.6 Å². The van der Waals surface area contributed by atoms with E-state index in [2.05, 4.69) is 15.3 Å². The van der Waals surface area contributed by atoms with E-state index in [4.69, 9.17) is 4.74 Å². The molecule has 0 amide bonds. The SMILES string of the molecule is O=S(=O)(c1cccc(C(F)(F)F)c1)N1CCC(Oc2ccc(-n3cccn3)nn2)CC1. The number of sulfonamides is 1. The summed E-state index contributed by atoms with van der Waals surface area (Å²) in [4.78, 5) is -0.373. The van der Waals surface area contributed by atoms with Crippen LogP contribution in [0.15, 0.2) is 59.8 Å². The summed E-state index contributed by atoms with van der Waals surface area (Å²) in [6.07, 6.45) is -0.793. The smallest absolute Gasteiger partial charge is 0.416 e. The molecular formula is C19H18F3N5O3S. The first kappa shape index (κ1) is 21.2. The van der Waals surface area contributed by atoms with Crippen LogP contribution in [-0.4, -0.2) is 51.9 Å². The van der Waals surface area contributed by atoms with E-state index in [9.17, 15) is 21.6 Å². The lowest BCUT2D eigenvalue weighted by molar-refractivity contribution is -0.137. The van der Waals surface area contributed by atoms with E-state index in [1.165, 1.54) is 10.4 Å². The van der Waals surface area contributed by atoms with Crippen LogP contribution >= 0.6 is 0 Å². The van der Waals surface area contributed by atoms with Crippen LogP contribution in [-0.2, 0) is 16.2 Å². The standard InChI is InChI=1S/C19H18F3N5O3S/c20-19(21,22)14-3-1-4-16(13-14)31(28,29)26-11-7-15(8-12-26)30-18-6-5-17(24-25-18)27-10-2-9-23-27/h1-6,9-10,13,15H,7-8,11-12H2. The average Bonchev–Trinajstić information content (AvgIpc) is 3.29. The number of hydrogen-bond acceptors (Lipinski definition) is 6. The monoisotopic (exact) mass is 453 g/mol. The second-order valence-electron chi connectivity index (χ2n) is 6.93. The molecule has 0 saturated carbocycles. The second kappa shape index (κ2) is 8.27. The van der Waals surface area contributed by atoms with Gasteiger partial charge in [0.1, 0.15) is 6.10 Å². The van der Waals surface area contributed by atoms with Crippen molar-refractivity contribution in [2.75, 3.05) is 13.1 Å². The zero-order valence-electron chi connectivity index (χ0n) is 16.1. The van der Waals surface area contributed by atoms with Gasteiger partial charge >= 0.3 is 6.18 Å². The molecule has 1 aliphatic rings. The Balaban J connectivity index is 1.38. The molecule has 1 saturated heterocycles. The molecule has 0 bridgehead atoms. The topological polar surface area (TPSA) is 90.2 Å². The molecule has 0 radical (unpaired) electrons. The number of rotatable bonds is 5. The van der Waals surface area contributed by atoms with Crippen LogP contribution in [0.4, 0.5) is 13.2 Å². The third-order valence-electron chi connectivity index (χ3n) is 4.85. The van der Waals surface area contributed by atoms with Crippen LogP contribution in [0.25, 0.3) is 5.82 Å². The number of ether oxygens (including phenoxy) is 1. The Labute approximate surface area is 176 Å². The van der Waals surface area contributed by atoms with E-state index >= 15 is 0 Å². The Kier molecular flexibility index (Phi) is 5.67. The lowest BCUT2D eigenvalue weighted by atomic mass is 10.1. The van der Waals surface area contributed by atoms with Crippen LogP contribution in [0.1, 0.15) is 18.4 Å². The van der Waals surface area contributed by atoms with E-state index in [0.717, 1.165) is 12.1 Å². The number of aromatic nitrogens is 4. The lowest BCUT2D eigenvalue weighted by Gasteiger charge is -2.31. The molecule has 0 N–H and O–H groups in total. The molecule has 31 heavy (non-hydrogen) atoms. The summed E-state index contributed by atoms with van der Waals surface area (Å²) < 4.78 is 72.8. The fourth-order valence-corrected chi connectivity index (χ4v) is 4.76. The van der Waals surface area contributed by atoms with Crippen molar-refractivity contribution in [3.8, 4) is 11.7 Å². The van der Waals surface area contributed by atoms with Gasteiger partial charge in [-0.3, -0.25) is 0 Å². The fourth-order valence-electron chi connectivity index (χ4n) is 3.25. The highest BCUT2D eigenvalue weighted by atomic mass is 32.2. The van der Waals surface area contributed by atoms with Gasteiger partial charge in [0, 0.05) is 31.5 Å². The first-order valence-electron chi connectivity index (χ1n) is 9.41. The van der Waals surface area contributed by atoms with Crippen molar-refractivity contribution in [2.24, 2.45) is 0 Å². The Morgan fingerprint density at radius 3 is 2.42 bits per heavy atom. The molecule has 0 atom stereocenters. The van der Waals surface area contributed by atoms with E-state index < -0.39 is 21.8 Å². The number of benzene rings is 1. The van der Waals surface area contributed by atoms with Crippen LogP contribution in [0.5, 0.6) is 5.88 Å². The highest BCUT2D eigenvalue weighted by molar-refractivity contribution is 7.89. The van der Waals surface area contributed by atoms with Gasteiger partial charge in [-0.1, -0.05) is 6.07 Å². The maximum Gasteiger partial charge on any atom is 0.416 e. The van der Waals surface area contributed by atoms with Gasteiger partial charge in [-0.05, 0) is 43.2 Å². The van der Waals surface area contributed by atoms with Crippen molar-refractivity contribution in [1.29, 1.82) is 0 Å². The maximum absolute atomic E-state index is 12.9. The third-order valence-corrected chi connectivity index (χ3v) is 6.75. The molecule has 1 aromatic carbocycles. The average molecular weight is 453 g/mol. The molecule has 3 heterocycles. The Morgan fingerprint density at radius 2 is 1.81 bits per heavy atom. The van der Waals surface area contributed by atoms with E-state index in [0.29, 0.717) is 30.6 Å². The van der Waals surface area contributed by atoms with Crippen molar-refractivity contribution < 1.29 is 26.3 Å². The summed E-state index contributed by atoms with van der Waals surface area (Å²) >= 11 is 0. The third kappa shape index (κ3) is 4.69. The molecule has 4 rings (SSSR count). The van der Waals surface area contributed by atoms with Crippen molar-refractivity contribution in [1.82, 2.24) is 24.3 Å². The summed E-state index contributed by atoms with van der Waals surface area (Å²) in [5.74, 6) is 0.828. The predicted molar refractivity (Wildman–Crippen MR) is 103 cm³/mol. The number of halogens is 3. The molecule has 0 aliphatic carbocycles. The summed E-state index contributed by atoms with van der Waals surface area (Å²) in [5.41, 5.74) is -0.996. The van der Waals surface area contributed by atoms with Gasteiger partial charge in [-0.25, -0.2) is 13.1 Å². The molecule has 12 heteroatoms. The van der Waals surface area contributed by atoms with Crippen molar-refractivity contribution in [3.63, 3.8) is 0 Å². The first-order chi connectivity index (χ1) is 14.7. The van der Waals surface area contributed by atoms with E-state index in [-0.39, 0.29) is 24.1 Å². The largest absolute Gasteiger partial charge is 0.473 e. The molecule has 3 aromatic rings. The molecule has 8 nitrogen and oxygen atoms in total. The van der Waals surface area contributed by atoms with Gasteiger partial charge in [0.15, 0.2) is 5.82 Å². The number of alkyl halides is 3. The Morgan fingerprint density at radius 1 is 1.03 bits per heavy atom. The molecule has 1 fully saturated rings. The van der Waals surface area contributed by atoms with Crippen molar-refractivity contribution >= 4 is 10.0 Å². The Hall–Kier alpha value is -2.99. The van der Waals surface area contributed by atoms with E-state index in [1.807, 2.05) is 0 Å². The van der Waals surface area contributed by atoms with Gasteiger partial charge in [-0.15, -0.1) is 10.2 Å². The zero-order valence-corrected chi connectivity index (χ0v) is 16.9. The minimum atomic E-state index is -4.61. The Bertz CT molecular complexity index is 1130. The van der Waals surface area contributed by atoms with Gasteiger partial charge < -0.3 is 4.74 Å². The number of piperidine rings is 1. The second-order valence-corrected chi connectivity index (χ2v) is 8.87. The summed E-state index contributed by atoms with van der Waals surface area (Å²) in [7, 11) is -4.03.